The maximum Gasteiger partial charge on any atom is 0.0471 e. The quantitative estimate of drug-likeness (QED) is 0.256. The Bertz CT molecular complexity index is 1740. The zero-order valence-corrected chi connectivity index (χ0v) is 20.4. The Hall–Kier alpha value is -3.32. The van der Waals surface area contributed by atoms with Crippen LogP contribution in [0, 0.1) is 29.1 Å². The minimum Gasteiger partial charge on any atom is -0.354 e. The van der Waals surface area contributed by atoms with Crippen LogP contribution < -0.4 is 0 Å². The number of nitrogens with one attached hydrogen (secondary N) is 1. The standard InChI is InChI=1S/C35H29N/c1-3-11-26-24(7-1)32-22(23-10-6-14-29-33(23)25-8-2-4-13-28(25)36-29)9-5-12-27(32)35(26)30-16-20-15-21-17-31(35)34(30,18-20)19-21/h1-14,20-21,30-31,36H,15-19H2. The highest BCUT2D eigenvalue weighted by Crippen LogP contribution is 2.85. The van der Waals surface area contributed by atoms with Crippen molar-refractivity contribution < 1.29 is 0 Å². The fraction of sp³-hybridized carbons (Fsp3) is 0.314. The van der Waals surface area contributed by atoms with Crippen molar-refractivity contribution in [1.82, 2.24) is 4.98 Å². The zero-order valence-electron chi connectivity index (χ0n) is 20.4. The van der Waals surface area contributed by atoms with E-state index in [1.54, 1.807) is 11.1 Å². The van der Waals surface area contributed by atoms with Crippen LogP contribution in [0.5, 0.6) is 0 Å². The number of hydrogen-bond acceptors (Lipinski definition) is 0. The molecule has 4 atom stereocenters. The van der Waals surface area contributed by atoms with Crippen LogP contribution in [-0.2, 0) is 5.41 Å². The summed E-state index contributed by atoms with van der Waals surface area (Å²) in [6.07, 6.45) is 7.48. The molecule has 0 radical (unpaired) electrons. The van der Waals surface area contributed by atoms with Crippen LogP contribution in [0.25, 0.3) is 44.1 Å². The van der Waals surface area contributed by atoms with Gasteiger partial charge in [-0.25, -0.2) is 0 Å². The minimum absolute atomic E-state index is 0.250. The van der Waals surface area contributed by atoms with Crippen molar-refractivity contribution in [1.29, 1.82) is 0 Å². The maximum atomic E-state index is 3.68. The first-order chi connectivity index (χ1) is 17.8. The van der Waals surface area contributed by atoms with Crippen LogP contribution >= 0.6 is 0 Å². The molecule has 2 spiro atoms. The Balaban J connectivity index is 1.30. The second-order valence-corrected chi connectivity index (χ2v) is 12.7. The van der Waals surface area contributed by atoms with Gasteiger partial charge in [0.2, 0.25) is 0 Å². The number of aromatic nitrogens is 1. The number of H-pyrrole nitrogens is 1. The highest BCUT2D eigenvalue weighted by atomic mass is 14.8. The molecule has 1 heteroatoms. The van der Waals surface area contributed by atoms with E-state index in [0.717, 1.165) is 23.7 Å². The lowest BCUT2D eigenvalue weighted by atomic mass is 9.38. The first-order valence-corrected chi connectivity index (χ1v) is 14.0. The first kappa shape index (κ1) is 18.9. The minimum atomic E-state index is 0.250. The van der Waals surface area contributed by atoms with E-state index in [4.69, 9.17) is 0 Å². The van der Waals surface area contributed by atoms with Crippen LogP contribution in [0.4, 0.5) is 0 Å². The number of benzene rings is 4. The van der Waals surface area contributed by atoms with Gasteiger partial charge in [-0.3, -0.25) is 0 Å². The van der Waals surface area contributed by atoms with Crippen LogP contribution in [0.2, 0.25) is 0 Å². The molecule has 10 rings (SSSR count). The Morgan fingerprint density at radius 1 is 0.583 bits per heavy atom. The smallest absolute Gasteiger partial charge is 0.0471 e. The Morgan fingerprint density at radius 3 is 2.14 bits per heavy atom. The third-order valence-corrected chi connectivity index (χ3v) is 11.6. The second kappa shape index (κ2) is 5.97. The lowest BCUT2D eigenvalue weighted by Crippen LogP contribution is -2.62. The van der Waals surface area contributed by atoms with E-state index in [1.807, 2.05) is 0 Å². The fourth-order valence-electron chi connectivity index (χ4n) is 11.0. The summed E-state index contributed by atoms with van der Waals surface area (Å²) in [4.78, 5) is 3.68. The van der Waals surface area contributed by atoms with Gasteiger partial charge in [0.15, 0.2) is 0 Å². The molecule has 0 saturated heterocycles. The van der Waals surface area contributed by atoms with Crippen molar-refractivity contribution in [3.05, 3.63) is 96.1 Å². The van der Waals surface area contributed by atoms with Crippen LogP contribution in [0.15, 0.2) is 84.9 Å². The molecule has 5 aromatic rings. The van der Waals surface area contributed by atoms with E-state index in [-0.39, 0.29) is 5.41 Å². The number of fused-ring (bicyclic) bond motifs is 12. The molecule has 1 aromatic heterocycles. The zero-order chi connectivity index (χ0) is 23.2. The molecule has 5 aliphatic carbocycles. The summed E-state index contributed by atoms with van der Waals surface area (Å²) in [5, 5.41) is 2.70. The first-order valence-electron chi connectivity index (χ1n) is 14.0. The van der Waals surface area contributed by atoms with Gasteiger partial charge in [-0.1, -0.05) is 72.8 Å². The molecule has 36 heavy (non-hydrogen) atoms. The molecule has 5 aliphatic rings. The lowest BCUT2D eigenvalue weighted by molar-refractivity contribution is -0.0820. The highest BCUT2D eigenvalue weighted by molar-refractivity contribution is 6.15. The molecule has 0 amide bonds. The lowest BCUT2D eigenvalue weighted by Gasteiger charge is -2.64. The molecule has 4 unspecified atom stereocenters. The largest absolute Gasteiger partial charge is 0.354 e. The molecule has 1 nitrogen and oxygen atoms in total. The summed E-state index contributed by atoms with van der Waals surface area (Å²) >= 11 is 0. The van der Waals surface area contributed by atoms with Crippen molar-refractivity contribution in [3.63, 3.8) is 0 Å². The summed E-state index contributed by atoms with van der Waals surface area (Å²) in [6, 6.07) is 32.5. The normalized spacial score (nSPS) is 34.3. The maximum absolute atomic E-state index is 3.68. The number of rotatable bonds is 1. The Labute approximate surface area is 211 Å². The van der Waals surface area contributed by atoms with Crippen LogP contribution in [0.3, 0.4) is 0 Å². The molecule has 1 heterocycles. The van der Waals surface area contributed by atoms with Gasteiger partial charge in [0.1, 0.15) is 0 Å². The molecule has 4 saturated carbocycles. The summed E-state index contributed by atoms with van der Waals surface area (Å²) in [7, 11) is 0. The van der Waals surface area contributed by atoms with Crippen molar-refractivity contribution in [2.24, 2.45) is 29.1 Å². The number of hydrogen-bond donors (Lipinski definition) is 1. The molecule has 174 valence electrons. The van der Waals surface area contributed by atoms with E-state index in [1.165, 1.54) is 76.2 Å². The molecule has 3 bridgehead atoms. The van der Waals surface area contributed by atoms with Crippen molar-refractivity contribution >= 4 is 21.8 Å². The Morgan fingerprint density at radius 2 is 1.25 bits per heavy atom. The van der Waals surface area contributed by atoms with Gasteiger partial charge in [0.25, 0.3) is 0 Å². The summed E-state index contributed by atoms with van der Waals surface area (Å²) in [5.41, 5.74) is 12.5. The second-order valence-electron chi connectivity index (χ2n) is 12.7. The topological polar surface area (TPSA) is 15.8 Å². The summed E-state index contributed by atoms with van der Waals surface area (Å²) < 4.78 is 0. The molecule has 4 fully saturated rings. The van der Waals surface area contributed by atoms with Gasteiger partial charge in [0, 0.05) is 27.2 Å². The van der Waals surface area contributed by atoms with E-state index < -0.39 is 0 Å². The monoisotopic (exact) mass is 463 g/mol. The Kier molecular flexibility index (Phi) is 3.13. The van der Waals surface area contributed by atoms with Crippen molar-refractivity contribution in [2.75, 3.05) is 0 Å². The third-order valence-electron chi connectivity index (χ3n) is 11.6. The molecular weight excluding hydrogens is 434 g/mol. The van der Waals surface area contributed by atoms with Gasteiger partial charge >= 0.3 is 0 Å². The highest BCUT2D eigenvalue weighted by Gasteiger charge is 2.79. The van der Waals surface area contributed by atoms with Gasteiger partial charge in [0.05, 0.1) is 0 Å². The summed E-state index contributed by atoms with van der Waals surface area (Å²) in [5.74, 6) is 3.65. The third kappa shape index (κ3) is 1.86. The molecule has 1 N–H and O–H groups in total. The molecule has 4 aromatic carbocycles. The van der Waals surface area contributed by atoms with E-state index in [0.29, 0.717) is 5.41 Å². The van der Waals surface area contributed by atoms with Gasteiger partial charge in [-0.2, -0.15) is 0 Å². The van der Waals surface area contributed by atoms with Crippen molar-refractivity contribution in [3.8, 4) is 22.3 Å². The number of aromatic amines is 1. The van der Waals surface area contributed by atoms with E-state index >= 15 is 0 Å². The average molecular weight is 464 g/mol. The van der Waals surface area contributed by atoms with E-state index in [2.05, 4.69) is 89.9 Å². The number of para-hydroxylation sites is 1. The van der Waals surface area contributed by atoms with Crippen LogP contribution in [-0.4, -0.2) is 4.98 Å². The van der Waals surface area contributed by atoms with Crippen molar-refractivity contribution in [2.45, 2.75) is 37.5 Å². The SMILES string of the molecule is c1ccc2c(c1)-c1c(-c3cccc4[nH]c5ccccc5c34)cccc1C21C2CC3CC4CC1C2(C3)C4. The predicted molar refractivity (Wildman–Crippen MR) is 147 cm³/mol. The van der Waals surface area contributed by atoms with Crippen LogP contribution in [0.1, 0.15) is 43.2 Å². The molecule has 0 aliphatic heterocycles. The average Bonchev–Trinajstić information content (AvgIpc) is 3.58. The van der Waals surface area contributed by atoms with Gasteiger partial charge < -0.3 is 4.98 Å². The van der Waals surface area contributed by atoms with Gasteiger partial charge in [-0.15, -0.1) is 0 Å². The fourth-order valence-corrected chi connectivity index (χ4v) is 11.0. The predicted octanol–water partition coefficient (Wildman–Crippen LogP) is 8.71. The summed E-state index contributed by atoms with van der Waals surface area (Å²) in [6.45, 7) is 0. The van der Waals surface area contributed by atoms with Gasteiger partial charge in [-0.05, 0) is 107 Å². The molecular formula is C35H29N. The van der Waals surface area contributed by atoms with E-state index in [9.17, 15) is 0 Å².